The Morgan fingerprint density at radius 3 is 2.00 bits per heavy atom. The summed E-state index contributed by atoms with van der Waals surface area (Å²) in [5, 5.41) is 2.34. The van der Waals surface area contributed by atoms with E-state index in [1.165, 1.54) is 13.8 Å². The molecule has 0 aliphatic carbocycles. The molecule has 0 rings (SSSR count). The van der Waals surface area contributed by atoms with Gasteiger partial charge < -0.3 is 10.1 Å². The minimum Gasteiger partial charge on any atom is -0.457 e. The number of hydrogen-bond donors (Lipinski definition) is 2. The van der Waals surface area contributed by atoms with Crippen molar-refractivity contribution in [2.75, 3.05) is 0 Å². The second kappa shape index (κ2) is 4.65. The van der Waals surface area contributed by atoms with Gasteiger partial charge in [0.2, 0.25) is 5.91 Å². The van der Waals surface area contributed by atoms with Gasteiger partial charge in [-0.15, -0.1) is 0 Å². The van der Waals surface area contributed by atoms with Crippen LogP contribution in [0.5, 0.6) is 0 Å². The van der Waals surface area contributed by atoms with Gasteiger partial charge in [-0.05, 0) is 34.6 Å². The van der Waals surface area contributed by atoms with Crippen LogP contribution in [0.3, 0.4) is 0 Å². The highest BCUT2D eigenvalue weighted by Gasteiger charge is 2.34. The lowest BCUT2D eigenvalue weighted by Gasteiger charge is -2.28. The molecule has 92 valence electrons. The summed E-state index contributed by atoms with van der Waals surface area (Å²) in [6, 6.07) is 0. The summed E-state index contributed by atoms with van der Waals surface area (Å²) in [6.07, 6.45) is 0. The lowest BCUT2D eigenvalue weighted by molar-refractivity contribution is -0.163. The molecule has 0 aromatic rings. The molecule has 0 bridgehead atoms. The monoisotopic (exact) mass is 228 g/mol. The number of hydrogen-bond acceptors (Lipinski definition) is 4. The molecule has 0 saturated carbocycles. The molecule has 5 nitrogen and oxygen atoms in total. The van der Waals surface area contributed by atoms with Gasteiger partial charge in [0, 0.05) is 5.57 Å². The highest BCUT2D eigenvalue weighted by Crippen LogP contribution is 2.11. The zero-order valence-electron chi connectivity index (χ0n) is 10.5. The third kappa shape index (κ3) is 4.93. The molecule has 0 heterocycles. The van der Waals surface area contributed by atoms with Crippen molar-refractivity contribution >= 4 is 11.9 Å². The maximum absolute atomic E-state index is 11.6. The van der Waals surface area contributed by atoms with E-state index in [1.807, 2.05) is 0 Å². The number of esters is 1. The molecular weight excluding hydrogens is 208 g/mol. The van der Waals surface area contributed by atoms with Crippen molar-refractivity contribution in [3.8, 4) is 0 Å². The van der Waals surface area contributed by atoms with Gasteiger partial charge in [0.1, 0.15) is 5.60 Å². The smallest absolute Gasteiger partial charge is 0.347 e. The lowest BCUT2D eigenvalue weighted by Crippen LogP contribution is -2.61. The predicted octanol–water partition coefficient (Wildman–Crippen LogP) is 0.695. The van der Waals surface area contributed by atoms with Gasteiger partial charge >= 0.3 is 5.97 Å². The van der Waals surface area contributed by atoms with Crippen LogP contribution in [0, 0.1) is 0 Å². The Balaban J connectivity index is 4.61. The Labute approximate surface area is 96.0 Å². The largest absolute Gasteiger partial charge is 0.457 e. The van der Waals surface area contributed by atoms with Crippen molar-refractivity contribution < 1.29 is 14.3 Å². The predicted molar refractivity (Wildman–Crippen MR) is 61.4 cm³/mol. The fourth-order valence-corrected chi connectivity index (χ4v) is 0.778. The molecule has 0 saturated heterocycles. The highest BCUT2D eigenvalue weighted by atomic mass is 16.6. The van der Waals surface area contributed by atoms with Crippen LogP contribution in [0.15, 0.2) is 12.2 Å². The minimum atomic E-state index is -1.55. The van der Waals surface area contributed by atoms with Crippen molar-refractivity contribution in [1.82, 2.24) is 5.32 Å². The van der Waals surface area contributed by atoms with E-state index < -0.39 is 23.1 Å². The molecule has 0 aromatic heterocycles. The van der Waals surface area contributed by atoms with Gasteiger partial charge in [-0.1, -0.05) is 6.58 Å². The van der Waals surface area contributed by atoms with Gasteiger partial charge in [-0.3, -0.25) is 10.5 Å². The quantitative estimate of drug-likeness (QED) is 0.423. The van der Waals surface area contributed by atoms with Crippen molar-refractivity contribution in [2.45, 2.75) is 45.9 Å². The second-order valence-corrected chi connectivity index (χ2v) is 4.94. The average molecular weight is 228 g/mol. The summed E-state index contributed by atoms with van der Waals surface area (Å²) in [7, 11) is 0. The molecule has 0 aliphatic heterocycles. The van der Waals surface area contributed by atoms with E-state index in [1.54, 1.807) is 20.8 Å². The van der Waals surface area contributed by atoms with Crippen molar-refractivity contribution in [3.63, 3.8) is 0 Å². The number of nitrogens with two attached hydrogens (primary N) is 1. The summed E-state index contributed by atoms with van der Waals surface area (Å²) in [4.78, 5) is 23.0. The van der Waals surface area contributed by atoms with Crippen LogP contribution < -0.4 is 11.1 Å². The van der Waals surface area contributed by atoms with Crippen LogP contribution in [-0.4, -0.2) is 23.1 Å². The van der Waals surface area contributed by atoms with Crippen LogP contribution in [0.4, 0.5) is 0 Å². The first-order valence-corrected chi connectivity index (χ1v) is 4.96. The molecule has 0 fully saturated rings. The molecule has 1 unspecified atom stereocenters. The van der Waals surface area contributed by atoms with Gasteiger partial charge in [0.25, 0.3) is 0 Å². The summed E-state index contributed by atoms with van der Waals surface area (Å²) in [6.45, 7) is 11.5. The first kappa shape index (κ1) is 14.6. The van der Waals surface area contributed by atoms with E-state index in [2.05, 4.69) is 11.9 Å². The summed E-state index contributed by atoms with van der Waals surface area (Å²) >= 11 is 0. The molecule has 3 N–H and O–H groups in total. The van der Waals surface area contributed by atoms with E-state index in [4.69, 9.17) is 10.5 Å². The van der Waals surface area contributed by atoms with Gasteiger partial charge in [-0.2, -0.15) is 0 Å². The number of carbonyl (C=O) groups excluding carboxylic acids is 2. The molecule has 0 aromatic carbocycles. The van der Waals surface area contributed by atoms with E-state index in [0.717, 1.165) is 0 Å². The SMILES string of the molecule is C=C(C)C(=O)NC(C)(N)C(=O)OC(C)(C)C. The number of amides is 1. The Bertz CT molecular complexity index is 314. The molecule has 0 radical (unpaired) electrons. The highest BCUT2D eigenvalue weighted by molar-refractivity contribution is 5.96. The molecule has 16 heavy (non-hydrogen) atoms. The van der Waals surface area contributed by atoms with Crippen molar-refractivity contribution in [2.24, 2.45) is 5.73 Å². The zero-order chi connectivity index (χ0) is 13.1. The average Bonchev–Trinajstić information content (AvgIpc) is 1.99. The Hall–Kier alpha value is -1.36. The molecular formula is C11H20N2O3. The number of ether oxygens (including phenoxy) is 1. The molecule has 1 atom stereocenters. The molecule has 0 aliphatic rings. The van der Waals surface area contributed by atoms with Gasteiger partial charge in [0.15, 0.2) is 5.66 Å². The second-order valence-electron chi connectivity index (χ2n) is 4.94. The fraction of sp³-hybridized carbons (Fsp3) is 0.636. The third-order valence-electron chi connectivity index (χ3n) is 1.58. The van der Waals surface area contributed by atoms with Crippen LogP contribution in [-0.2, 0) is 14.3 Å². The van der Waals surface area contributed by atoms with Crippen molar-refractivity contribution in [3.05, 3.63) is 12.2 Å². The Morgan fingerprint density at radius 1 is 1.25 bits per heavy atom. The topological polar surface area (TPSA) is 81.4 Å². The maximum Gasteiger partial charge on any atom is 0.347 e. The third-order valence-corrected chi connectivity index (χ3v) is 1.58. The number of carbonyl (C=O) groups is 2. The van der Waals surface area contributed by atoms with Gasteiger partial charge in [-0.25, -0.2) is 4.79 Å². The lowest BCUT2D eigenvalue weighted by atomic mass is 10.1. The van der Waals surface area contributed by atoms with E-state index in [0.29, 0.717) is 0 Å². The van der Waals surface area contributed by atoms with Crippen molar-refractivity contribution in [1.29, 1.82) is 0 Å². The maximum atomic E-state index is 11.6. The first-order valence-electron chi connectivity index (χ1n) is 4.96. The standard InChI is InChI=1S/C11H20N2O3/c1-7(2)8(14)13-11(6,12)9(15)16-10(3,4)5/h1,12H2,2-6H3,(H,13,14). The zero-order valence-corrected chi connectivity index (χ0v) is 10.5. The normalized spacial score (nSPS) is 14.9. The van der Waals surface area contributed by atoms with E-state index in [9.17, 15) is 9.59 Å². The van der Waals surface area contributed by atoms with Crippen LogP contribution in [0.1, 0.15) is 34.6 Å². The van der Waals surface area contributed by atoms with E-state index >= 15 is 0 Å². The first-order chi connectivity index (χ1) is 6.96. The fourth-order valence-electron chi connectivity index (χ4n) is 0.778. The Morgan fingerprint density at radius 2 is 1.69 bits per heavy atom. The molecule has 1 amide bonds. The van der Waals surface area contributed by atoms with Crippen LogP contribution in [0.25, 0.3) is 0 Å². The van der Waals surface area contributed by atoms with E-state index in [-0.39, 0.29) is 5.57 Å². The number of rotatable bonds is 3. The number of nitrogens with one attached hydrogen (secondary N) is 1. The van der Waals surface area contributed by atoms with Crippen LogP contribution in [0.2, 0.25) is 0 Å². The Kier molecular flexibility index (Phi) is 4.26. The van der Waals surface area contributed by atoms with Crippen LogP contribution >= 0.6 is 0 Å². The summed E-state index contributed by atoms with van der Waals surface area (Å²) < 4.78 is 5.07. The summed E-state index contributed by atoms with van der Waals surface area (Å²) in [5.74, 6) is -1.16. The summed E-state index contributed by atoms with van der Waals surface area (Å²) in [5.41, 5.74) is 3.74. The van der Waals surface area contributed by atoms with Gasteiger partial charge in [0.05, 0.1) is 0 Å². The molecule has 0 spiro atoms. The minimum absolute atomic E-state index is 0.278. The molecule has 5 heteroatoms.